The summed E-state index contributed by atoms with van der Waals surface area (Å²) < 4.78 is 2.60. The summed E-state index contributed by atoms with van der Waals surface area (Å²) >= 11 is 14.0. The van der Waals surface area contributed by atoms with Gasteiger partial charge in [-0.25, -0.2) is 0 Å². The molecule has 0 spiro atoms. The van der Waals surface area contributed by atoms with Crippen molar-refractivity contribution in [3.63, 3.8) is 0 Å². The molecule has 0 aliphatic carbocycles. The van der Waals surface area contributed by atoms with Crippen LogP contribution in [0.15, 0.2) is 30.6 Å². The van der Waals surface area contributed by atoms with Crippen molar-refractivity contribution in [2.45, 2.75) is 13.0 Å². The van der Waals surface area contributed by atoms with Gasteiger partial charge in [0, 0.05) is 16.8 Å². The quantitative estimate of drug-likeness (QED) is 0.576. The molecule has 1 atom stereocenters. The molecule has 0 fully saturated rings. The topological polar surface area (TPSA) is 34.9 Å². The lowest BCUT2D eigenvalue weighted by molar-refractivity contribution is 0.0928. The van der Waals surface area contributed by atoms with E-state index in [1.807, 2.05) is 6.20 Å². The first-order chi connectivity index (χ1) is 8.49. The Labute approximate surface area is 128 Å². The lowest BCUT2D eigenvalue weighted by Crippen LogP contribution is -2.17. The maximum Gasteiger partial charge on any atom is 0.188 e. The zero-order chi connectivity index (χ0) is 13.3. The second-order valence-corrected chi connectivity index (χ2v) is 5.89. The van der Waals surface area contributed by atoms with Crippen LogP contribution in [0.2, 0.25) is 10.0 Å². The summed E-state index contributed by atoms with van der Waals surface area (Å²) in [5, 5.41) is 5.00. The number of carbonyl (C=O) groups excluding carboxylic acids is 1. The van der Waals surface area contributed by atoms with E-state index >= 15 is 0 Å². The van der Waals surface area contributed by atoms with Crippen molar-refractivity contribution in [1.29, 1.82) is 0 Å². The van der Waals surface area contributed by atoms with Gasteiger partial charge in [0.1, 0.15) is 6.04 Å². The molecule has 94 valence electrons. The average Bonchev–Trinajstić information content (AvgIpc) is 2.74. The van der Waals surface area contributed by atoms with E-state index in [2.05, 4.69) is 27.7 Å². The van der Waals surface area contributed by atoms with Crippen molar-refractivity contribution in [2.24, 2.45) is 0 Å². The number of rotatable bonds is 3. The van der Waals surface area contributed by atoms with Gasteiger partial charge in [0.25, 0.3) is 0 Å². The molecular formula is C12H9Cl2IN2O. The fourth-order valence-electron chi connectivity index (χ4n) is 1.56. The van der Waals surface area contributed by atoms with Gasteiger partial charge in [0.05, 0.1) is 14.8 Å². The van der Waals surface area contributed by atoms with Crippen molar-refractivity contribution in [3.05, 3.63) is 49.8 Å². The molecule has 6 heteroatoms. The van der Waals surface area contributed by atoms with Gasteiger partial charge in [-0.2, -0.15) is 5.10 Å². The van der Waals surface area contributed by atoms with E-state index < -0.39 is 6.04 Å². The smallest absolute Gasteiger partial charge is 0.188 e. The Balaban J connectivity index is 2.31. The minimum Gasteiger partial charge on any atom is -0.292 e. The second-order valence-electron chi connectivity index (χ2n) is 3.80. The summed E-state index contributed by atoms with van der Waals surface area (Å²) in [6.45, 7) is 1.79. The van der Waals surface area contributed by atoms with Crippen LogP contribution in [0.3, 0.4) is 0 Å². The summed E-state index contributed by atoms with van der Waals surface area (Å²) in [5.74, 6) is -0.0869. The Morgan fingerprint density at radius 2 is 2.17 bits per heavy atom. The van der Waals surface area contributed by atoms with Gasteiger partial charge in [-0.15, -0.1) is 0 Å². The molecule has 18 heavy (non-hydrogen) atoms. The molecule has 1 aromatic carbocycles. The largest absolute Gasteiger partial charge is 0.292 e. The van der Waals surface area contributed by atoms with Crippen LogP contribution in [-0.4, -0.2) is 15.6 Å². The fraction of sp³-hybridized carbons (Fsp3) is 0.167. The van der Waals surface area contributed by atoms with Crippen molar-refractivity contribution in [2.75, 3.05) is 0 Å². The van der Waals surface area contributed by atoms with Crippen molar-refractivity contribution < 1.29 is 4.79 Å². The molecule has 0 bridgehead atoms. The van der Waals surface area contributed by atoms with Crippen molar-refractivity contribution in [1.82, 2.24) is 9.78 Å². The molecule has 3 nitrogen and oxygen atoms in total. The highest BCUT2D eigenvalue weighted by molar-refractivity contribution is 14.1. The summed E-state index contributed by atoms with van der Waals surface area (Å²) in [5.41, 5.74) is 0.457. The molecule has 0 saturated carbocycles. The van der Waals surface area contributed by atoms with Gasteiger partial charge >= 0.3 is 0 Å². The van der Waals surface area contributed by atoms with E-state index in [1.165, 1.54) is 0 Å². The van der Waals surface area contributed by atoms with E-state index in [-0.39, 0.29) is 5.78 Å². The minimum absolute atomic E-state index is 0.0869. The zero-order valence-electron chi connectivity index (χ0n) is 9.40. The first-order valence-corrected chi connectivity index (χ1v) is 7.01. The van der Waals surface area contributed by atoms with E-state index in [1.54, 1.807) is 36.0 Å². The van der Waals surface area contributed by atoms with Gasteiger partial charge in [-0.3, -0.25) is 9.48 Å². The van der Waals surface area contributed by atoms with E-state index in [9.17, 15) is 4.79 Å². The number of aromatic nitrogens is 2. The molecule has 1 unspecified atom stereocenters. The van der Waals surface area contributed by atoms with Crippen LogP contribution >= 0.6 is 45.8 Å². The summed E-state index contributed by atoms with van der Waals surface area (Å²) in [6, 6.07) is 4.46. The predicted molar refractivity (Wildman–Crippen MR) is 80.4 cm³/mol. The van der Waals surface area contributed by atoms with Crippen LogP contribution in [0.25, 0.3) is 0 Å². The van der Waals surface area contributed by atoms with Crippen LogP contribution in [0, 0.1) is 3.57 Å². The number of hydrogen-bond donors (Lipinski definition) is 0. The molecule has 1 aromatic heterocycles. The van der Waals surface area contributed by atoms with Crippen LogP contribution in [0.1, 0.15) is 23.3 Å². The van der Waals surface area contributed by atoms with Crippen LogP contribution in [0.5, 0.6) is 0 Å². The average molecular weight is 395 g/mol. The number of carbonyl (C=O) groups is 1. The summed E-state index contributed by atoms with van der Waals surface area (Å²) in [7, 11) is 0. The van der Waals surface area contributed by atoms with E-state index in [0.29, 0.717) is 15.6 Å². The second kappa shape index (κ2) is 5.59. The number of halogens is 3. The Hall–Kier alpha value is -0.590. The minimum atomic E-state index is -0.396. The Bertz CT molecular complexity index is 598. The standard InChI is InChI=1S/C12H9Cl2IN2O/c1-7(17-6-9(15)5-16-17)12(18)10-3-2-8(13)4-11(10)14/h2-7H,1H3. The number of ketones is 1. The summed E-state index contributed by atoms with van der Waals surface area (Å²) in [6.07, 6.45) is 3.51. The fourth-order valence-corrected chi connectivity index (χ4v) is 2.47. The third-order valence-corrected chi connectivity index (χ3v) is 3.65. The molecule has 0 aliphatic heterocycles. The van der Waals surface area contributed by atoms with Gasteiger partial charge in [-0.05, 0) is 47.7 Å². The highest BCUT2D eigenvalue weighted by Gasteiger charge is 2.20. The molecule has 1 heterocycles. The van der Waals surface area contributed by atoms with Crippen molar-refractivity contribution >= 4 is 51.6 Å². The van der Waals surface area contributed by atoms with E-state index in [4.69, 9.17) is 23.2 Å². The Morgan fingerprint density at radius 3 is 2.72 bits per heavy atom. The Kier molecular flexibility index (Phi) is 4.29. The molecule has 2 aromatic rings. The first kappa shape index (κ1) is 13.8. The third-order valence-electron chi connectivity index (χ3n) is 2.54. The number of hydrogen-bond acceptors (Lipinski definition) is 2. The van der Waals surface area contributed by atoms with Gasteiger partial charge in [-0.1, -0.05) is 23.2 Å². The maximum atomic E-state index is 12.3. The van der Waals surface area contributed by atoms with Gasteiger partial charge < -0.3 is 0 Å². The Morgan fingerprint density at radius 1 is 1.44 bits per heavy atom. The first-order valence-electron chi connectivity index (χ1n) is 5.18. The molecule has 0 N–H and O–H groups in total. The predicted octanol–water partition coefficient (Wildman–Crippen LogP) is 4.24. The normalized spacial score (nSPS) is 12.4. The highest BCUT2D eigenvalue weighted by atomic mass is 127. The summed E-state index contributed by atoms with van der Waals surface area (Å²) in [4.78, 5) is 12.3. The lowest BCUT2D eigenvalue weighted by Gasteiger charge is -2.12. The SMILES string of the molecule is CC(C(=O)c1ccc(Cl)cc1Cl)n1cc(I)cn1. The number of Topliss-reactive ketones (excluding diaryl/α,β-unsaturated/α-hetero) is 1. The molecule has 0 aliphatic rings. The van der Waals surface area contributed by atoms with E-state index in [0.717, 1.165) is 3.57 Å². The lowest BCUT2D eigenvalue weighted by atomic mass is 10.1. The maximum absolute atomic E-state index is 12.3. The van der Waals surface area contributed by atoms with Crippen molar-refractivity contribution in [3.8, 4) is 0 Å². The molecule has 0 radical (unpaired) electrons. The monoisotopic (exact) mass is 394 g/mol. The molecular weight excluding hydrogens is 386 g/mol. The van der Waals surface area contributed by atoms with Crippen LogP contribution in [-0.2, 0) is 0 Å². The number of benzene rings is 1. The van der Waals surface area contributed by atoms with Crippen LogP contribution < -0.4 is 0 Å². The highest BCUT2D eigenvalue weighted by Crippen LogP contribution is 2.24. The molecule has 0 saturated heterocycles. The van der Waals surface area contributed by atoms with Gasteiger partial charge in [0.2, 0.25) is 0 Å². The molecule has 2 rings (SSSR count). The van der Waals surface area contributed by atoms with Gasteiger partial charge in [0.15, 0.2) is 5.78 Å². The third kappa shape index (κ3) is 2.87. The van der Waals surface area contributed by atoms with Crippen LogP contribution in [0.4, 0.5) is 0 Å². The number of nitrogens with zero attached hydrogens (tertiary/aromatic N) is 2. The molecule has 0 amide bonds. The zero-order valence-corrected chi connectivity index (χ0v) is 13.1.